The average molecular weight is 220 g/mol. The van der Waals surface area contributed by atoms with Crippen molar-refractivity contribution in [2.45, 2.75) is 6.54 Å². The first-order chi connectivity index (χ1) is 7.65. The Kier molecular flexibility index (Phi) is 2.85. The molecule has 0 fully saturated rings. The molecule has 0 aliphatic carbocycles. The lowest BCUT2D eigenvalue weighted by atomic mass is 10.3. The molecule has 0 aliphatic heterocycles. The number of anilines is 1. The molecule has 2 aromatic heterocycles. The second-order valence-electron chi connectivity index (χ2n) is 3.67. The predicted molar refractivity (Wildman–Crippen MR) is 59.5 cm³/mol. The summed E-state index contributed by atoms with van der Waals surface area (Å²) in [5.41, 5.74) is 0.814. The van der Waals surface area contributed by atoms with E-state index >= 15 is 0 Å². The fraction of sp³-hybridized carbons (Fsp3) is 0.273. The summed E-state index contributed by atoms with van der Waals surface area (Å²) in [6, 6.07) is 5.01. The van der Waals surface area contributed by atoms with E-state index < -0.39 is 0 Å². The van der Waals surface area contributed by atoms with E-state index in [0.29, 0.717) is 6.54 Å². The van der Waals surface area contributed by atoms with Crippen LogP contribution in [-0.2, 0) is 13.6 Å². The van der Waals surface area contributed by atoms with Gasteiger partial charge in [-0.1, -0.05) is 0 Å². The number of nitrogens with zero attached hydrogens (tertiary/aromatic N) is 4. The molecule has 0 aromatic carbocycles. The SMILES string of the molecule is CN(Cc1ccc(F)cn1)c1ccn(C)n1. The molecule has 2 rings (SSSR count). The maximum Gasteiger partial charge on any atom is 0.150 e. The highest BCUT2D eigenvalue weighted by atomic mass is 19.1. The van der Waals surface area contributed by atoms with Gasteiger partial charge in [0.25, 0.3) is 0 Å². The van der Waals surface area contributed by atoms with Crippen molar-refractivity contribution in [2.75, 3.05) is 11.9 Å². The van der Waals surface area contributed by atoms with E-state index in [-0.39, 0.29) is 5.82 Å². The van der Waals surface area contributed by atoms with Crippen LogP contribution in [0.3, 0.4) is 0 Å². The molecule has 0 saturated carbocycles. The molecule has 2 heterocycles. The molecule has 0 spiro atoms. The Hall–Kier alpha value is -1.91. The summed E-state index contributed by atoms with van der Waals surface area (Å²) < 4.78 is 14.4. The smallest absolute Gasteiger partial charge is 0.150 e. The van der Waals surface area contributed by atoms with Crippen molar-refractivity contribution in [2.24, 2.45) is 7.05 Å². The van der Waals surface area contributed by atoms with Gasteiger partial charge < -0.3 is 4.90 Å². The Balaban J connectivity index is 2.07. The monoisotopic (exact) mass is 220 g/mol. The highest BCUT2D eigenvalue weighted by Crippen LogP contribution is 2.10. The third kappa shape index (κ3) is 2.36. The molecule has 0 unspecified atom stereocenters. The molecule has 4 nitrogen and oxygen atoms in total. The molecule has 2 aromatic rings. The third-order valence-electron chi connectivity index (χ3n) is 2.28. The zero-order valence-corrected chi connectivity index (χ0v) is 9.26. The second-order valence-corrected chi connectivity index (χ2v) is 3.67. The Labute approximate surface area is 93.3 Å². The van der Waals surface area contributed by atoms with Crippen molar-refractivity contribution < 1.29 is 4.39 Å². The minimum absolute atomic E-state index is 0.316. The van der Waals surface area contributed by atoms with Gasteiger partial charge in [0, 0.05) is 26.4 Å². The van der Waals surface area contributed by atoms with Crippen LogP contribution in [0.5, 0.6) is 0 Å². The van der Waals surface area contributed by atoms with E-state index in [1.807, 2.05) is 31.3 Å². The molecule has 5 heteroatoms. The molecule has 0 atom stereocenters. The van der Waals surface area contributed by atoms with E-state index in [1.165, 1.54) is 12.3 Å². The third-order valence-corrected chi connectivity index (χ3v) is 2.28. The van der Waals surface area contributed by atoms with E-state index in [4.69, 9.17) is 0 Å². The van der Waals surface area contributed by atoms with Gasteiger partial charge in [-0.15, -0.1) is 0 Å². The number of pyridine rings is 1. The van der Waals surface area contributed by atoms with Crippen molar-refractivity contribution in [1.29, 1.82) is 0 Å². The highest BCUT2D eigenvalue weighted by molar-refractivity contribution is 5.36. The number of aryl methyl sites for hydroxylation is 1. The quantitative estimate of drug-likeness (QED) is 0.787. The Morgan fingerprint density at radius 1 is 1.38 bits per heavy atom. The minimum Gasteiger partial charge on any atom is -0.352 e. The number of hydrogen-bond donors (Lipinski definition) is 0. The first-order valence-electron chi connectivity index (χ1n) is 4.96. The molecule has 16 heavy (non-hydrogen) atoms. The first kappa shape index (κ1) is 10.6. The summed E-state index contributed by atoms with van der Waals surface area (Å²) in [6.45, 7) is 0.608. The zero-order valence-electron chi connectivity index (χ0n) is 9.26. The van der Waals surface area contributed by atoms with E-state index in [2.05, 4.69) is 10.1 Å². The van der Waals surface area contributed by atoms with Gasteiger partial charge in [0.05, 0.1) is 18.4 Å². The molecular weight excluding hydrogens is 207 g/mol. The lowest BCUT2D eigenvalue weighted by Crippen LogP contribution is -2.17. The molecule has 84 valence electrons. The number of hydrogen-bond acceptors (Lipinski definition) is 3. The summed E-state index contributed by atoms with van der Waals surface area (Å²) >= 11 is 0. The van der Waals surface area contributed by atoms with Crippen molar-refractivity contribution in [3.63, 3.8) is 0 Å². The van der Waals surface area contributed by atoms with Gasteiger partial charge >= 0.3 is 0 Å². The zero-order chi connectivity index (χ0) is 11.5. The van der Waals surface area contributed by atoms with Gasteiger partial charge in [-0.05, 0) is 12.1 Å². The van der Waals surface area contributed by atoms with Gasteiger partial charge in [0.2, 0.25) is 0 Å². The largest absolute Gasteiger partial charge is 0.352 e. The van der Waals surface area contributed by atoms with Crippen molar-refractivity contribution in [3.8, 4) is 0 Å². The summed E-state index contributed by atoms with van der Waals surface area (Å²) in [6.07, 6.45) is 3.10. The van der Waals surface area contributed by atoms with Crippen LogP contribution >= 0.6 is 0 Å². The number of aromatic nitrogens is 3. The van der Waals surface area contributed by atoms with Crippen LogP contribution in [0.4, 0.5) is 10.2 Å². The van der Waals surface area contributed by atoms with Crippen LogP contribution in [0.2, 0.25) is 0 Å². The molecular formula is C11H13FN4. The van der Waals surface area contributed by atoms with Gasteiger partial charge in [0.1, 0.15) is 5.82 Å². The summed E-state index contributed by atoms with van der Waals surface area (Å²) in [7, 11) is 3.79. The Morgan fingerprint density at radius 3 is 2.75 bits per heavy atom. The van der Waals surface area contributed by atoms with Crippen molar-refractivity contribution in [1.82, 2.24) is 14.8 Å². The number of rotatable bonds is 3. The lowest BCUT2D eigenvalue weighted by molar-refractivity contribution is 0.618. The minimum atomic E-state index is -0.316. The molecule has 0 bridgehead atoms. The standard InChI is InChI=1S/C11H13FN4/c1-15(11-5-6-16(2)14-11)8-10-4-3-9(12)7-13-10/h3-7H,8H2,1-2H3. The molecule has 0 radical (unpaired) electrons. The average Bonchev–Trinajstić information content (AvgIpc) is 2.68. The molecule has 0 saturated heterocycles. The molecule has 0 amide bonds. The van der Waals surface area contributed by atoms with Crippen LogP contribution in [-0.4, -0.2) is 21.8 Å². The lowest BCUT2D eigenvalue weighted by Gasteiger charge is -2.15. The fourth-order valence-electron chi connectivity index (χ4n) is 1.43. The van der Waals surface area contributed by atoms with E-state index in [9.17, 15) is 4.39 Å². The van der Waals surface area contributed by atoms with Gasteiger partial charge in [-0.2, -0.15) is 5.10 Å². The van der Waals surface area contributed by atoms with E-state index in [1.54, 1.807) is 10.7 Å². The van der Waals surface area contributed by atoms with Crippen LogP contribution in [0.1, 0.15) is 5.69 Å². The van der Waals surface area contributed by atoms with Crippen molar-refractivity contribution >= 4 is 5.82 Å². The maximum absolute atomic E-state index is 12.7. The normalized spacial score (nSPS) is 10.4. The van der Waals surface area contributed by atoms with Crippen LogP contribution in [0.15, 0.2) is 30.6 Å². The van der Waals surface area contributed by atoms with Gasteiger partial charge in [-0.3, -0.25) is 9.67 Å². The molecule has 0 N–H and O–H groups in total. The van der Waals surface area contributed by atoms with Crippen LogP contribution in [0, 0.1) is 5.82 Å². The van der Waals surface area contributed by atoms with E-state index in [0.717, 1.165) is 11.5 Å². The van der Waals surface area contributed by atoms with Gasteiger partial charge in [-0.25, -0.2) is 4.39 Å². The van der Waals surface area contributed by atoms with Crippen LogP contribution in [0.25, 0.3) is 0 Å². The molecule has 0 aliphatic rings. The Morgan fingerprint density at radius 2 is 2.19 bits per heavy atom. The first-order valence-corrected chi connectivity index (χ1v) is 4.96. The summed E-state index contributed by atoms with van der Waals surface area (Å²) in [5, 5.41) is 4.27. The number of halogens is 1. The highest BCUT2D eigenvalue weighted by Gasteiger charge is 2.05. The summed E-state index contributed by atoms with van der Waals surface area (Å²) in [4.78, 5) is 5.96. The topological polar surface area (TPSA) is 34.0 Å². The predicted octanol–water partition coefficient (Wildman–Crippen LogP) is 1.59. The van der Waals surface area contributed by atoms with Gasteiger partial charge in [0.15, 0.2) is 5.82 Å². The van der Waals surface area contributed by atoms with Crippen LogP contribution < -0.4 is 4.90 Å². The Bertz CT molecular complexity index is 463. The van der Waals surface area contributed by atoms with Crippen molar-refractivity contribution in [3.05, 3.63) is 42.1 Å². The summed E-state index contributed by atoms with van der Waals surface area (Å²) in [5.74, 6) is 0.554. The second kappa shape index (κ2) is 4.30. The maximum atomic E-state index is 12.7. The fourth-order valence-corrected chi connectivity index (χ4v) is 1.43.